The molecule has 3 rings (SSSR count). The minimum Gasteiger partial charge on any atom is -0.436 e. The lowest BCUT2D eigenvalue weighted by Crippen LogP contribution is -2.38. The summed E-state index contributed by atoms with van der Waals surface area (Å²) in [5.41, 5.74) is 0.549. The molecule has 2 amide bonds. The largest absolute Gasteiger partial charge is 0.436 e. The molecule has 2 fully saturated rings. The van der Waals surface area contributed by atoms with Crippen LogP contribution in [0, 0.1) is 12.3 Å². The SMILES string of the molecule is C#CCOC(=O)N1CCC(c2nc(C(=O)N3CCSC3)cs2)CC1. The van der Waals surface area contributed by atoms with E-state index in [4.69, 9.17) is 11.2 Å². The van der Waals surface area contributed by atoms with Crippen molar-refractivity contribution in [2.45, 2.75) is 18.8 Å². The molecule has 0 spiro atoms. The second kappa shape index (κ2) is 7.90. The molecule has 2 aliphatic heterocycles. The van der Waals surface area contributed by atoms with E-state index in [1.54, 1.807) is 28.0 Å². The number of ether oxygens (including phenoxy) is 1. The number of rotatable bonds is 3. The van der Waals surface area contributed by atoms with Crippen LogP contribution in [0.5, 0.6) is 0 Å². The maximum atomic E-state index is 12.4. The molecule has 0 bridgehead atoms. The van der Waals surface area contributed by atoms with E-state index < -0.39 is 0 Å². The number of nitrogens with zero attached hydrogens (tertiary/aromatic N) is 3. The lowest BCUT2D eigenvalue weighted by Gasteiger charge is -2.30. The number of thioether (sulfide) groups is 1. The lowest BCUT2D eigenvalue weighted by atomic mass is 9.98. The summed E-state index contributed by atoms with van der Waals surface area (Å²) in [4.78, 5) is 32.2. The first-order chi connectivity index (χ1) is 11.7. The fourth-order valence-corrected chi connectivity index (χ4v) is 4.72. The van der Waals surface area contributed by atoms with Crippen LogP contribution in [0.4, 0.5) is 4.79 Å². The predicted octanol–water partition coefficient (Wildman–Crippen LogP) is 2.24. The number of thiazole rings is 1. The fraction of sp³-hybridized carbons (Fsp3) is 0.562. The summed E-state index contributed by atoms with van der Waals surface area (Å²) < 4.78 is 4.95. The molecule has 0 aromatic carbocycles. The van der Waals surface area contributed by atoms with Crippen LogP contribution in [0.1, 0.15) is 34.3 Å². The number of hydrogen-bond acceptors (Lipinski definition) is 6. The van der Waals surface area contributed by atoms with E-state index in [1.807, 2.05) is 10.3 Å². The standard InChI is InChI=1S/C16H19N3O3S2/c1-2-8-22-16(21)18-5-3-12(4-6-18)14-17-13(10-24-14)15(20)19-7-9-23-11-19/h1,10,12H,3-9,11H2. The quantitative estimate of drug-likeness (QED) is 0.769. The normalized spacial score (nSPS) is 18.5. The van der Waals surface area contributed by atoms with Crippen LogP contribution in [0.25, 0.3) is 0 Å². The van der Waals surface area contributed by atoms with Gasteiger partial charge in [-0.1, -0.05) is 5.92 Å². The first-order valence-corrected chi connectivity index (χ1v) is 9.90. The number of aromatic nitrogens is 1. The van der Waals surface area contributed by atoms with Crippen molar-refractivity contribution >= 4 is 35.1 Å². The van der Waals surface area contributed by atoms with Crippen LogP contribution in [0.2, 0.25) is 0 Å². The van der Waals surface area contributed by atoms with Gasteiger partial charge in [-0.15, -0.1) is 29.5 Å². The minimum absolute atomic E-state index is 0.00546. The van der Waals surface area contributed by atoms with Crippen molar-refractivity contribution in [2.24, 2.45) is 0 Å². The van der Waals surface area contributed by atoms with Crippen LogP contribution in [0.15, 0.2) is 5.38 Å². The topological polar surface area (TPSA) is 62.7 Å². The minimum atomic E-state index is -0.354. The van der Waals surface area contributed by atoms with E-state index in [0.717, 1.165) is 36.0 Å². The molecule has 8 heteroatoms. The van der Waals surface area contributed by atoms with Crippen molar-refractivity contribution in [2.75, 3.05) is 37.9 Å². The van der Waals surface area contributed by atoms with Crippen LogP contribution in [-0.4, -0.2) is 64.7 Å². The molecular formula is C16H19N3O3S2. The van der Waals surface area contributed by atoms with E-state index in [-0.39, 0.29) is 18.6 Å². The molecule has 0 aliphatic carbocycles. The Morgan fingerprint density at radius 3 is 2.79 bits per heavy atom. The second-order valence-electron chi connectivity index (χ2n) is 5.70. The summed E-state index contributed by atoms with van der Waals surface area (Å²) in [6, 6.07) is 0. The van der Waals surface area contributed by atoms with Crippen LogP contribution in [-0.2, 0) is 4.74 Å². The lowest BCUT2D eigenvalue weighted by molar-refractivity contribution is 0.0797. The molecule has 24 heavy (non-hydrogen) atoms. The van der Waals surface area contributed by atoms with Gasteiger partial charge in [0.05, 0.1) is 10.9 Å². The highest BCUT2D eigenvalue weighted by molar-refractivity contribution is 7.99. The summed E-state index contributed by atoms with van der Waals surface area (Å²) >= 11 is 3.31. The summed E-state index contributed by atoms with van der Waals surface area (Å²) in [6.45, 7) is 2.05. The molecule has 0 unspecified atom stereocenters. The Hall–Kier alpha value is -1.72. The number of piperidine rings is 1. The summed E-state index contributed by atoms with van der Waals surface area (Å²) in [7, 11) is 0. The average Bonchev–Trinajstić information content (AvgIpc) is 3.30. The van der Waals surface area contributed by atoms with Gasteiger partial charge >= 0.3 is 6.09 Å². The molecule has 0 atom stereocenters. The van der Waals surface area contributed by atoms with Crippen molar-refractivity contribution in [3.63, 3.8) is 0 Å². The number of amides is 2. The molecule has 6 nitrogen and oxygen atoms in total. The predicted molar refractivity (Wildman–Crippen MR) is 94.2 cm³/mol. The Morgan fingerprint density at radius 1 is 1.33 bits per heavy atom. The van der Waals surface area contributed by atoms with Gasteiger partial charge < -0.3 is 14.5 Å². The van der Waals surface area contributed by atoms with Crippen molar-refractivity contribution in [3.8, 4) is 12.3 Å². The molecule has 3 heterocycles. The average molecular weight is 365 g/mol. The van der Waals surface area contributed by atoms with Crippen molar-refractivity contribution in [3.05, 3.63) is 16.1 Å². The number of carbonyl (C=O) groups is 2. The molecule has 0 N–H and O–H groups in total. The van der Waals surface area contributed by atoms with Crippen LogP contribution >= 0.6 is 23.1 Å². The van der Waals surface area contributed by atoms with E-state index >= 15 is 0 Å². The summed E-state index contributed by atoms with van der Waals surface area (Å²) in [6.07, 6.45) is 6.39. The number of carbonyl (C=O) groups excluding carboxylic acids is 2. The third-order valence-electron chi connectivity index (χ3n) is 4.16. The van der Waals surface area contributed by atoms with Crippen molar-refractivity contribution in [1.82, 2.24) is 14.8 Å². The zero-order chi connectivity index (χ0) is 16.9. The maximum Gasteiger partial charge on any atom is 0.410 e. The maximum absolute atomic E-state index is 12.4. The molecule has 128 valence electrons. The highest BCUT2D eigenvalue weighted by Gasteiger charge is 2.28. The van der Waals surface area contributed by atoms with Gasteiger partial charge in [-0.05, 0) is 12.8 Å². The highest BCUT2D eigenvalue weighted by Crippen LogP contribution is 2.31. The van der Waals surface area contributed by atoms with Gasteiger partial charge in [-0.2, -0.15) is 0 Å². The summed E-state index contributed by atoms with van der Waals surface area (Å²) in [5.74, 6) is 4.36. The molecule has 2 saturated heterocycles. The van der Waals surface area contributed by atoms with Gasteiger partial charge in [0.1, 0.15) is 5.69 Å². The number of likely N-dealkylation sites (tertiary alicyclic amines) is 1. The molecule has 0 radical (unpaired) electrons. The van der Waals surface area contributed by atoms with Crippen molar-refractivity contribution in [1.29, 1.82) is 0 Å². The van der Waals surface area contributed by atoms with Crippen LogP contribution < -0.4 is 0 Å². The highest BCUT2D eigenvalue weighted by atomic mass is 32.2. The zero-order valence-corrected chi connectivity index (χ0v) is 14.9. The van der Waals surface area contributed by atoms with Crippen molar-refractivity contribution < 1.29 is 14.3 Å². The monoisotopic (exact) mass is 365 g/mol. The second-order valence-corrected chi connectivity index (χ2v) is 7.66. The zero-order valence-electron chi connectivity index (χ0n) is 13.3. The van der Waals surface area contributed by atoms with Crippen LogP contribution in [0.3, 0.4) is 0 Å². The summed E-state index contributed by atoms with van der Waals surface area (Å²) in [5, 5.41) is 2.84. The molecule has 2 aliphatic rings. The van der Waals surface area contributed by atoms with E-state index in [9.17, 15) is 9.59 Å². The number of hydrogen-bond donors (Lipinski definition) is 0. The number of terminal acetylenes is 1. The van der Waals surface area contributed by atoms with Gasteiger partial charge in [0, 0.05) is 36.7 Å². The van der Waals surface area contributed by atoms with Gasteiger partial charge in [0.2, 0.25) is 0 Å². The molecule has 0 saturated carbocycles. The molecular weight excluding hydrogens is 346 g/mol. The molecule has 1 aromatic heterocycles. The van der Waals surface area contributed by atoms with Gasteiger partial charge in [-0.3, -0.25) is 4.79 Å². The Kier molecular flexibility index (Phi) is 5.63. The Balaban J connectivity index is 1.54. The first-order valence-electron chi connectivity index (χ1n) is 7.86. The van der Waals surface area contributed by atoms with Gasteiger partial charge in [0.25, 0.3) is 5.91 Å². The molecule has 1 aromatic rings. The van der Waals surface area contributed by atoms with E-state index in [1.165, 1.54) is 0 Å². The smallest absolute Gasteiger partial charge is 0.410 e. The van der Waals surface area contributed by atoms with E-state index in [0.29, 0.717) is 24.7 Å². The Labute approximate surface area is 149 Å². The Bertz CT molecular complexity index is 641. The van der Waals surface area contributed by atoms with E-state index in [2.05, 4.69) is 10.9 Å². The Morgan fingerprint density at radius 2 is 2.12 bits per heavy atom. The third kappa shape index (κ3) is 3.84. The first kappa shape index (κ1) is 17.1. The fourth-order valence-electron chi connectivity index (χ4n) is 2.81. The van der Waals surface area contributed by atoms with Gasteiger partial charge in [0.15, 0.2) is 6.61 Å². The van der Waals surface area contributed by atoms with Gasteiger partial charge in [-0.25, -0.2) is 9.78 Å². The third-order valence-corrected chi connectivity index (χ3v) is 6.14.